The van der Waals surface area contributed by atoms with E-state index in [1.165, 1.54) is 19.3 Å². The molecule has 1 saturated carbocycles. The first kappa shape index (κ1) is 28.0. The zero-order valence-corrected chi connectivity index (χ0v) is 22.2. The molecular formula is C28H36Cl2N4O2. The minimum absolute atomic E-state index is 0. The number of carbonyl (C=O) groups is 1. The Kier molecular flexibility index (Phi) is 10.7. The van der Waals surface area contributed by atoms with Gasteiger partial charge in [0.1, 0.15) is 5.75 Å². The third kappa shape index (κ3) is 6.41. The standard InChI is InChI=1S/C28H34N4O2.2ClH/c33-28(31-18-17-29-20-24(31)16-19-34-25-14-8-3-9-15-25)26-27(22-10-4-1-5-11-22)32(21-30-26)23-12-6-2-7-13-23;;/h1,3-5,8-11,14-15,21,23-24,29H,2,6-7,12-13,16-20H2;2*1H/t24-;;/m1../s1. The molecule has 36 heavy (non-hydrogen) atoms. The Morgan fingerprint density at radius 1 is 0.972 bits per heavy atom. The maximum atomic E-state index is 13.9. The third-order valence-corrected chi connectivity index (χ3v) is 7.09. The summed E-state index contributed by atoms with van der Waals surface area (Å²) in [5, 5.41) is 3.45. The summed E-state index contributed by atoms with van der Waals surface area (Å²) in [7, 11) is 0. The number of benzene rings is 2. The van der Waals surface area contributed by atoms with E-state index in [0.29, 0.717) is 24.9 Å². The second-order valence-electron chi connectivity index (χ2n) is 9.31. The van der Waals surface area contributed by atoms with Gasteiger partial charge in [0.25, 0.3) is 5.91 Å². The zero-order valence-electron chi connectivity index (χ0n) is 20.6. The lowest BCUT2D eigenvalue weighted by atomic mass is 9.94. The van der Waals surface area contributed by atoms with E-state index in [0.717, 1.165) is 49.4 Å². The highest BCUT2D eigenvalue weighted by atomic mass is 35.5. The molecule has 1 amide bonds. The molecule has 3 aromatic rings. The number of piperazine rings is 1. The summed E-state index contributed by atoms with van der Waals surface area (Å²) >= 11 is 0. The van der Waals surface area contributed by atoms with Crippen molar-refractivity contribution in [2.45, 2.75) is 50.6 Å². The molecule has 6 nitrogen and oxygen atoms in total. The number of hydrogen-bond acceptors (Lipinski definition) is 4. The van der Waals surface area contributed by atoms with Gasteiger partial charge >= 0.3 is 0 Å². The quantitative estimate of drug-likeness (QED) is 0.420. The van der Waals surface area contributed by atoms with Crippen LogP contribution in [-0.4, -0.2) is 52.6 Å². The third-order valence-electron chi connectivity index (χ3n) is 7.09. The van der Waals surface area contributed by atoms with Crippen LogP contribution in [0.5, 0.6) is 5.75 Å². The highest BCUT2D eigenvalue weighted by Gasteiger charge is 2.32. The number of rotatable bonds is 7. The molecule has 0 unspecified atom stereocenters. The smallest absolute Gasteiger partial charge is 0.275 e. The van der Waals surface area contributed by atoms with Crippen LogP contribution >= 0.6 is 24.8 Å². The topological polar surface area (TPSA) is 59.4 Å². The van der Waals surface area contributed by atoms with Crippen LogP contribution in [0, 0.1) is 0 Å². The molecule has 1 aliphatic heterocycles. The maximum absolute atomic E-state index is 13.9. The number of nitrogens with zero attached hydrogens (tertiary/aromatic N) is 3. The van der Waals surface area contributed by atoms with E-state index >= 15 is 0 Å². The van der Waals surface area contributed by atoms with Gasteiger partial charge < -0.3 is 19.5 Å². The summed E-state index contributed by atoms with van der Waals surface area (Å²) in [6, 6.07) is 20.6. The monoisotopic (exact) mass is 530 g/mol. The van der Waals surface area contributed by atoms with Crippen molar-refractivity contribution in [3.8, 4) is 17.0 Å². The van der Waals surface area contributed by atoms with Gasteiger partial charge in [0, 0.05) is 43.7 Å². The fourth-order valence-electron chi connectivity index (χ4n) is 5.29. The minimum atomic E-state index is 0. The molecule has 1 atom stereocenters. The molecule has 2 fully saturated rings. The summed E-state index contributed by atoms with van der Waals surface area (Å²) in [6.07, 6.45) is 8.75. The molecule has 0 spiro atoms. The minimum Gasteiger partial charge on any atom is -0.494 e. The van der Waals surface area contributed by atoms with E-state index in [1.54, 1.807) is 0 Å². The van der Waals surface area contributed by atoms with Gasteiger partial charge in [-0.05, 0) is 25.0 Å². The zero-order chi connectivity index (χ0) is 23.2. The molecule has 0 bridgehead atoms. The Balaban J connectivity index is 0.00000180. The van der Waals surface area contributed by atoms with Gasteiger partial charge in [-0.1, -0.05) is 67.8 Å². The van der Waals surface area contributed by atoms with Crippen molar-refractivity contribution in [2.75, 3.05) is 26.2 Å². The predicted molar refractivity (Wildman–Crippen MR) is 149 cm³/mol. The fourth-order valence-corrected chi connectivity index (χ4v) is 5.29. The van der Waals surface area contributed by atoms with Crippen LogP contribution in [0.4, 0.5) is 0 Å². The van der Waals surface area contributed by atoms with E-state index < -0.39 is 0 Å². The number of ether oxygens (including phenoxy) is 1. The number of halogens is 2. The largest absolute Gasteiger partial charge is 0.494 e. The van der Waals surface area contributed by atoms with Gasteiger partial charge in [0.2, 0.25) is 0 Å². The van der Waals surface area contributed by atoms with E-state index in [2.05, 4.69) is 22.0 Å². The maximum Gasteiger partial charge on any atom is 0.275 e. The first-order chi connectivity index (χ1) is 16.8. The molecule has 194 valence electrons. The lowest BCUT2D eigenvalue weighted by Gasteiger charge is -2.36. The molecule has 0 radical (unpaired) electrons. The van der Waals surface area contributed by atoms with E-state index in [4.69, 9.17) is 9.72 Å². The van der Waals surface area contributed by atoms with E-state index in [-0.39, 0.29) is 36.8 Å². The Hall–Kier alpha value is -2.54. The summed E-state index contributed by atoms with van der Waals surface area (Å²) in [6.45, 7) is 2.82. The number of para-hydroxylation sites is 1. The summed E-state index contributed by atoms with van der Waals surface area (Å²) in [5.74, 6) is 0.890. The fraction of sp³-hybridized carbons (Fsp3) is 0.429. The lowest BCUT2D eigenvalue weighted by molar-refractivity contribution is 0.0601. The number of aromatic nitrogens is 2. The van der Waals surface area contributed by atoms with Crippen molar-refractivity contribution in [1.82, 2.24) is 19.8 Å². The number of nitrogens with one attached hydrogen (secondary N) is 1. The molecule has 2 aliphatic rings. The van der Waals surface area contributed by atoms with Crippen LogP contribution in [-0.2, 0) is 0 Å². The lowest BCUT2D eigenvalue weighted by Crippen LogP contribution is -2.54. The normalized spacial score (nSPS) is 18.1. The molecule has 2 heterocycles. The van der Waals surface area contributed by atoms with Crippen LogP contribution in [0.3, 0.4) is 0 Å². The van der Waals surface area contributed by atoms with Gasteiger partial charge in [0.05, 0.1) is 18.6 Å². The van der Waals surface area contributed by atoms with Crippen molar-refractivity contribution in [2.24, 2.45) is 0 Å². The molecule has 5 rings (SSSR count). The van der Waals surface area contributed by atoms with Gasteiger partial charge in [-0.15, -0.1) is 24.8 Å². The predicted octanol–water partition coefficient (Wildman–Crippen LogP) is 5.78. The molecule has 2 aromatic carbocycles. The van der Waals surface area contributed by atoms with Crippen LogP contribution in [0.15, 0.2) is 67.0 Å². The van der Waals surface area contributed by atoms with Crippen LogP contribution < -0.4 is 10.1 Å². The van der Waals surface area contributed by atoms with Gasteiger partial charge in [-0.3, -0.25) is 4.79 Å². The van der Waals surface area contributed by atoms with Crippen molar-refractivity contribution in [3.63, 3.8) is 0 Å². The Bertz CT molecular complexity index is 1070. The van der Waals surface area contributed by atoms with Crippen LogP contribution in [0.2, 0.25) is 0 Å². The number of carbonyl (C=O) groups excluding carboxylic acids is 1. The molecule has 1 N–H and O–H groups in total. The second kappa shape index (κ2) is 13.7. The SMILES string of the molecule is Cl.Cl.O=C(c1ncn(C2CCCCC2)c1-c1ccccc1)N1CCNC[C@H]1CCOc1ccccc1. The Morgan fingerprint density at radius 2 is 1.67 bits per heavy atom. The Labute approximate surface area is 226 Å². The molecule has 1 aromatic heterocycles. The molecule has 8 heteroatoms. The number of hydrogen-bond donors (Lipinski definition) is 1. The van der Waals surface area contributed by atoms with Crippen molar-refractivity contribution < 1.29 is 9.53 Å². The first-order valence-corrected chi connectivity index (χ1v) is 12.6. The van der Waals surface area contributed by atoms with Crippen molar-refractivity contribution in [1.29, 1.82) is 0 Å². The molecule has 1 aliphatic carbocycles. The van der Waals surface area contributed by atoms with Crippen LogP contribution in [0.1, 0.15) is 55.1 Å². The van der Waals surface area contributed by atoms with E-state index in [9.17, 15) is 4.79 Å². The Morgan fingerprint density at radius 3 is 2.39 bits per heavy atom. The average Bonchev–Trinajstić information content (AvgIpc) is 3.35. The van der Waals surface area contributed by atoms with Gasteiger partial charge in [-0.25, -0.2) is 4.98 Å². The van der Waals surface area contributed by atoms with E-state index in [1.807, 2.05) is 59.8 Å². The molecule has 1 saturated heterocycles. The van der Waals surface area contributed by atoms with Crippen molar-refractivity contribution in [3.05, 3.63) is 72.7 Å². The van der Waals surface area contributed by atoms with Gasteiger partial charge in [0.15, 0.2) is 5.69 Å². The summed E-state index contributed by atoms with van der Waals surface area (Å²) in [5.41, 5.74) is 2.61. The van der Waals surface area contributed by atoms with Gasteiger partial charge in [-0.2, -0.15) is 0 Å². The number of amides is 1. The summed E-state index contributed by atoms with van der Waals surface area (Å²) in [4.78, 5) is 20.6. The first-order valence-electron chi connectivity index (χ1n) is 12.6. The van der Waals surface area contributed by atoms with Crippen molar-refractivity contribution >= 4 is 30.7 Å². The molecular weight excluding hydrogens is 495 g/mol. The second-order valence-corrected chi connectivity index (χ2v) is 9.31. The highest BCUT2D eigenvalue weighted by molar-refractivity contribution is 5.98. The van der Waals surface area contributed by atoms with Crippen LogP contribution in [0.25, 0.3) is 11.3 Å². The number of imidazole rings is 1. The summed E-state index contributed by atoms with van der Waals surface area (Å²) < 4.78 is 8.21. The highest BCUT2D eigenvalue weighted by Crippen LogP contribution is 2.34. The average molecular weight is 532 g/mol.